The maximum atomic E-state index is 13.7. The Bertz CT molecular complexity index is 1440. The second-order valence-electron chi connectivity index (χ2n) is 8.22. The highest BCUT2D eigenvalue weighted by atomic mass is 35.5. The minimum absolute atomic E-state index is 0.0594. The van der Waals surface area contributed by atoms with Gasteiger partial charge in [-0.25, -0.2) is 9.18 Å². The highest BCUT2D eigenvalue weighted by Crippen LogP contribution is 2.58. The molecule has 3 aromatic rings. The first kappa shape index (κ1) is 30.6. The maximum Gasteiger partial charge on any atom is 0.510 e. The minimum Gasteiger partial charge on any atom is -0.432 e. The quantitative estimate of drug-likeness (QED) is 0.114. The van der Waals surface area contributed by atoms with E-state index in [1.165, 1.54) is 11.4 Å². The van der Waals surface area contributed by atoms with Crippen LogP contribution >= 0.6 is 30.5 Å². The van der Waals surface area contributed by atoms with E-state index in [2.05, 4.69) is 10.1 Å². The van der Waals surface area contributed by atoms with Crippen LogP contribution in [0.15, 0.2) is 48.0 Å². The third kappa shape index (κ3) is 8.26. The fraction of sp³-hybridized carbons (Fsp3) is 0.250. The summed E-state index contributed by atoms with van der Waals surface area (Å²) in [4.78, 5) is 35.5. The first-order valence-corrected chi connectivity index (χ1v) is 13.9. The highest BCUT2D eigenvalue weighted by molar-refractivity contribution is 7.54. The topological polar surface area (TPSA) is 111 Å². The number of carbonyl (C=O) groups is 2. The molecule has 0 radical (unpaired) electrons. The summed E-state index contributed by atoms with van der Waals surface area (Å²) < 4.78 is 80.7. The second kappa shape index (κ2) is 12.5. The number of alkyl halides is 3. The molecule has 3 rings (SSSR count). The van der Waals surface area contributed by atoms with Crippen LogP contribution in [0.4, 0.5) is 22.4 Å². The summed E-state index contributed by atoms with van der Waals surface area (Å²) in [5, 5.41) is 4.30. The largest absolute Gasteiger partial charge is 0.510 e. The van der Waals surface area contributed by atoms with E-state index in [0.29, 0.717) is 22.2 Å². The number of nitrogens with one attached hydrogen (secondary N) is 1. The summed E-state index contributed by atoms with van der Waals surface area (Å²) in [6, 6.07) is 6.47. The average Bonchev–Trinajstić information content (AvgIpc) is 3.20. The number of amides is 1. The molecule has 0 bridgehead atoms. The van der Waals surface area contributed by atoms with Crippen LogP contribution in [0.25, 0.3) is 16.2 Å². The molecule has 2 aromatic carbocycles. The van der Waals surface area contributed by atoms with Gasteiger partial charge in [0.15, 0.2) is 5.66 Å². The van der Waals surface area contributed by atoms with Crippen LogP contribution in [-0.4, -0.2) is 29.9 Å². The normalized spacial score (nSPS) is 14.4. The lowest BCUT2D eigenvalue weighted by atomic mass is 10.1. The Morgan fingerprint density at radius 1 is 1.21 bits per heavy atom. The molecule has 39 heavy (non-hydrogen) atoms. The van der Waals surface area contributed by atoms with Crippen LogP contribution in [0.5, 0.6) is 0 Å². The van der Waals surface area contributed by atoms with Crippen molar-refractivity contribution in [3.05, 3.63) is 75.5 Å². The maximum absolute atomic E-state index is 13.7. The number of rotatable bonds is 9. The number of ether oxygens (including phenoxy) is 2. The molecule has 0 aliphatic rings. The molecule has 210 valence electrons. The zero-order valence-electron chi connectivity index (χ0n) is 20.2. The molecular formula is C24H21ClF4NO7PS. The Labute approximate surface area is 228 Å². The molecule has 1 amide bonds. The van der Waals surface area contributed by atoms with Gasteiger partial charge in [0.25, 0.3) is 0 Å². The van der Waals surface area contributed by atoms with Crippen LogP contribution < -0.4 is 5.32 Å². The molecule has 0 aliphatic heterocycles. The predicted octanol–water partition coefficient (Wildman–Crippen LogP) is 7.26. The van der Waals surface area contributed by atoms with Crippen LogP contribution in [0.2, 0.25) is 5.02 Å². The van der Waals surface area contributed by atoms with E-state index in [4.69, 9.17) is 20.9 Å². The van der Waals surface area contributed by atoms with Crippen LogP contribution in [0.3, 0.4) is 0 Å². The smallest absolute Gasteiger partial charge is 0.432 e. The van der Waals surface area contributed by atoms with Gasteiger partial charge in [-0.05, 0) is 78.2 Å². The first-order valence-electron chi connectivity index (χ1n) is 11.0. The van der Waals surface area contributed by atoms with E-state index in [9.17, 15) is 36.6 Å². The van der Waals surface area contributed by atoms with E-state index in [0.717, 1.165) is 29.7 Å². The van der Waals surface area contributed by atoms with Gasteiger partial charge in [0, 0.05) is 15.9 Å². The summed E-state index contributed by atoms with van der Waals surface area (Å²) in [5.74, 6) is -2.24. The SMILES string of the molecule is CC(C)OC(=O)OCOP(=O)(O)C(C(=O)N/C=C/c1cc(F)cc(C(F)(F)F)c1)c1csc2ccc(Cl)cc12. The molecule has 0 fully saturated rings. The molecule has 2 atom stereocenters. The van der Waals surface area contributed by atoms with Crippen molar-refractivity contribution in [3.8, 4) is 0 Å². The van der Waals surface area contributed by atoms with E-state index in [1.54, 1.807) is 26.0 Å². The third-order valence-corrected chi connectivity index (χ3v) is 7.79. The van der Waals surface area contributed by atoms with Crippen molar-refractivity contribution in [3.63, 3.8) is 0 Å². The van der Waals surface area contributed by atoms with Gasteiger partial charge >= 0.3 is 19.9 Å². The number of hydrogen-bond donors (Lipinski definition) is 2. The van der Waals surface area contributed by atoms with Crippen LogP contribution in [-0.2, 0) is 29.5 Å². The van der Waals surface area contributed by atoms with Gasteiger partial charge in [-0.1, -0.05) is 11.6 Å². The molecule has 0 spiro atoms. The molecule has 2 N–H and O–H groups in total. The molecule has 0 saturated heterocycles. The fourth-order valence-electron chi connectivity index (χ4n) is 3.32. The van der Waals surface area contributed by atoms with Gasteiger partial charge in [0.2, 0.25) is 12.7 Å². The van der Waals surface area contributed by atoms with E-state index in [-0.39, 0.29) is 16.1 Å². The van der Waals surface area contributed by atoms with Crippen LogP contribution in [0, 0.1) is 5.82 Å². The third-order valence-electron chi connectivity index (χ3n) is 4.93. The monoisotopic (exact) mass is 609 g/mol. The lowest BCUT2D eigenvalue weighted by Crippen LogP contribution is -2.26. The molecule has 1 heterocycles. The van der Waals surface area contributed by atoms with Gasteiger partial charge in [-0.2, -0.15) is 13.2 Å². The number of halogens is 5. The molecule has 8 nitrogen and oxygen atoms in total. The summed E-state index contributed by atoms with van der Waals surface area (Å²) >= 11 is 7.21. The van der Waals surface area contributed by atoms with Crippen molar-refractivity contribution in [2.24, 2.45) is 0 Å². The molecule has 1 aromatic heterocycles. The molecule has 2 unspecified atom stereocenters. The lowest BCUT2D eigenvalue weighted by Gasteiger charge is -2.21. The van der Waals surface area contributed by atoms with Crippen molar-refractivity contribution in [2.75, 3.05) is 6.79 Å². The standard InChI is InChI=1S/C24H21ClF4NO7PS/c1-13(2)37-23(32)35-12-36-38(33,34)21(19-11-39-20-4-3-16(25)10-18(19)20)22(31)30-6-5-14-7-15(24(27,28)29)9-17(26)8-14/h3-11,13,21H,12H2,1-2H3,(H,30,31)(H,33,34)/b6-5+. The average molecular weight is 610 g/mol. The summed E-state index contributed by atoms with van der Waals surface area (Å²) in [7, 11) is -4.93. The predicted molar refractivity (Wildman–Crippen MR) is 137 cm³/mol. The Balaban J connectivity index is 1.88. The molecule has 15 heteroatoms. The van der Waals surface area contributed by atoms with Crippen LogP contribution in [0.1, 0.15) is 36.2 Å². The number of thiophene rings is 1. The summed E-state index contributed by atoms with van der Waals surface area (Å²) in [6.45, 7) is 2.08. The van der Waals surface area contributed by atoms with E-state index < -0.39 is 55.8 Å². The summed E-state index contributed by atoms with van der Waals surface area (Å²) in [5.41, 5.74) is -3.29. The van der Waals surface area contributed by atoms with Crippen molar-refractivity contribution in [1.82, 2.24) is 5.32 Å². The summed E-state index contributed by atoms with van der Waals surface area (Å²) in [6.07, 6.45) is -4.64. The zero-order valence-corrected chi connectivity index (χ0v) is 22.7. The lowest BCUT2D eigenvalue weighted by molar-refractivity contribution is -0.137. The first-order chi connectivity index (χ1) is 18.2. The van der Waals surface area contributed by atoms with E-state index in [1.807, 2.05) is 0 Å². The highest BCUT2D eigenvalue weighted by Gasteiger charge is 2.42. The van der Waals surface area contributed by atoms with Gasteiger partial charge in [0.1, 0.15) is 5.82 Å². The van der Waals surface area contributed by atoms with Gasteiger partial charge in [-0.3, -0.25) is 13.9 Å². The Morgan fingerprint density at radius 2 is 1.92 bits per heavy atom. The van der Waals surface area contributed by atoms with Gasteiger partial charge in [0.05, 0.1) is 11.7 Å². The second-order valence-corrected chi connectivity index (χ2v) is 11.5. The minimum atomic E-state index is -4.93. The van der Waals surface area contributed by atoms with E-state index >= 15 is 0 Å². The Kier molecular flexibility index (Phi) is 9.78. The molecule has 0 aliphatic carbocycles. The molecule has 0 saturated carbocycles. The fourth-order valence-corrected chi connectivity index (χ4v) is 5.85. The molecular weight excluding hydrogens is 589 g/mol. The zero-order chi connectivity index (χ0) is 29.0. The van der Waals surface area contributed by atoms with Gasteiger partial charge < -0.3 is 19.7 Å². The van der Waals surface area contributed by atoms with Gasteiger partial charge in [-0.15, -0.1) is 11.3 Å². The Hall–Kier alpha value is -2.96. The number of benzene rings is 2. The number of carbonyl (C=O) groups excluding carboxylic acids is 2. The van der Waals surface area contributed by atoms with Crippen molar-refractivity contribution >= 4 is 58.8 Å². The Morgan fingerprint density at radius 3 is 2.59 bits per heavy atom. The van der Waals surface area contributed by atoms with Crippen molar-refractivity contribution in [2.45, 2.75) is 31.8 Å². The number of fused-ring (bicyclic) bond motifs is 1. The van der Waals surface area contributed by atoms with Crippen molar-refractivity contribution < 1.29 is 50.6 Å². The number of hydrogen-bond acceptors (Lipinski definition) is 7. The van der Waals surface area contributed by atoms with Crippen molar-refractivity contribution in [1.29, 1.82) is 0 Å².